The Balaban J connectivity index is 1.95. The number of esters is 1. The van der Waals surface area contributed by atoms with Gasteiger partial charge in [0.2, 0.25) is 10.0 Å². The predicted molar refractivity (Wildman–Crippen MR) is 81.5 cm³/mol. The number of morpholine rings is 1. The minimum Gasteiger partial charge on any atom is -0.465 e. The van der Waals surface area contributed by atoms with Crippen LogP contribution in [0.4, 0.5) is 0 Å². The van der Waals surface area contributed by atoms with Gasteiger partial charge in [-0.25, -0.2) is 13.2 Å². The summed E-state index contributed by atoms with van der Waals surface area (Å²) < 4.78 is 38.0. The van der Waals surface area contributed by atoms with Crippen LogP contribution < -0.4 is 0 Å². The molecule has 1 aliphatic carbocycles. The summed E-state index contributed by atoms with van der Waals surface area (Å²) in [5.74, 6) is -0.609. The fourth-order valence-electron chi connectivity index (χ4n) is 3.23. The van der Waals surface area contributed by atoms with Crippen LogP contribution in [0.3, 0.4) is 0 Å². The molecule has 1 saturated heterocycles. The van der Waals surface area contributed by atoms with Crippen LogP contribution in [-0.4, -0.2) is 51.1 Å². The molecule has 0 bridgehead atoms. The molecular weight excluding hydrogens is 326 g/mol. The molecule has 8 heteroatoms. The summed E-state index contributed by atoms with van der Waals surface area (Å²) in [6, 6.07) is 1.36. The van der Waals surface area contributed by atoms with E-state index in [0.717, 1.165) is 37.0 Å². The zero-order valence-electron chi connectivity index (χ0n) is 12.4. The minimum atomic E-state index is -3.71. The molecule has 3 rings (SSSR count). The second-order valence-corrected chi connectivity index (χ2v) is 8.26. The van der Waals surface area contributed by atoms with Gasteiger partial charge in [-0.3, -0.25) is 0 Å². The van der Waals surface area contributed by atoms with Crippen LogP contribution in [-0.2, 0) is 19.5 Å². The molecule has 1 aromatic rings. The lowest BCUT2D eigenvalue weighted by atomic mass is 9.91. The van der Waals surface area contributed by atoms with Gasteiger partial charge in [0, 0.05) is 6.54 Å². The van der Waals surface area contributed by atoms with Crippen molar-refractivity contribution in [1.82, 2.24) is 4.31 Å². The Bertz CT molecular complexity index is 652. The number of rotatable bonds is 3. The van der Waals surface area contributed by atoms with Crippen LogP contribution in [0.25, 0.3) is 0 Å². The Labute approximate surface area is 134 Å². The highest BCUT2D eigenvalue weighted by atomic mass is 32.2. The highest BCUT2D eigenvalue weighted by molar-refractivity contribution is 7.89. The molecule has 2 heterocycles. The quantitative estimate of drug-likeness (QED) is 0.782. The number of ether oxygens (including phenoxy) is 2. The lowest BCUT2D eigenvalue weighted by molar-refractivity contribution is -0.0586. The van der Waals surface area contributed by atoms with Gasteiger partial charge in [0.05, 0.1) is 25.9 Å². The van der Waals surface area contributed by atoms with Crippen molar-refractivity contribution in [2.24, 2.45) is 0 Å². The van der Waals surface area contributed by atoms with Crippen molar-refractivity contribution < 1.29 is 22.7 Å². The Morgan fingerprint density at radius 3 is 2.95 bits per heavy atom. The fourth-order valence-corrected chi connectivity index (χ4v) is 6.20. The van der Waals surface area contributed by atoms with Crippen molar-refractivity contribution in [2.75, 3.05) is 20.3 Å². The summed E-state index contributed by atoms with van der Waals surface area (Å²) in [6.07, 6.45) is 3.74. The number of sulfonamides is 1. The topological polar surface area (TPSA) is 72.9 Å². The molecule has 1 aliphatic heterocycles. The number of hydrogen-bond donors (Lipinski definition) is 0. The van der Waals surface area contributed by atoms with Crippen molar-refractivity contribution in [1.29, 1.82) is 0 Å². The van der Waals surface area contributed by atoms with Crippen molar-refractivity contribution in [3.8, 4) is 0 Å². The summed E-state index contributed by atoms with van der Waals surface area (Å²) >= 11 is 1.09. The third kappa shape index (κ3) is 2.68. The Kier molecular flexibility index (Phi) is 4.54. The average molecular weight is 345 g/mol. The lowest BCUT2D eigenvalue weighted by Gasteiger charge is -2.42. The van der Waals surface area contributed by atoms with Crippen LogP contribution in [0.2, 0.25) is 0 Å². The summed E-state index contributed by atoms with van der Waals surface area (Å²) in [5.41, 5.74) is 0. The Morgan fingerprint density at radius 1 is 1.41 bits per heavy atom. The number of carbonyl (C=O) groups excluding carboxylic acids is 1. The molecule has 2 fully saturated rings. The molecule has 6 nitrogen and oxygen atoms in total. The van der Waals surface area contributed by atoms with E-state index in [0.29, 0.717) is 13.2 Å². The van der Waals surface area contributed by atoms with E-state index in [4.69, 9.17) is 4.74 Å². The monoisotopic (exact) mass is 345 g/mol. The summed E-state index contributed by atoms with van der Waals surface area (Å²) in [7, 11) is -2.46. The van der Waals surface area contributed by atoms with Crippen molar-refractivity contribution in [2.45, 2.75) is 42.7 Å². The number of hydrogen-bond acceptors (Lipinski definition) is 6. The largest absolute Gasteiger partial charge is 0.465 e. The Hall–Kier alpha value is -0.960. The van der Waals surface area contributed by atoms with Gasteiger partial charge in [-0.1, -0.05) is 12.8 Å². The molecule has 0 amide bonds. The molecule has 0 aromatic carbocycles. The first-order valence-corrected chi connectivity index (χ1v) is 9.67. The van der Waals surface area contributed by atoms with Crippen LogP contribution >= 0.6 is 11.3 Å². The molecule has 22 heavy (non-hydrogen) atoms. The number of thiophene rings is 1. The maximum atomic E-state index is 13.0. The molecule has 0 N–H and O–H groups in total. The number of nitrogens with zero attached hydrogens (tertiary/aromatic N) is 1. The first-order valence-electron chi connectivity index (χ1n) is 7.35. The van der Waals surface area contributed by atoms with Gasteiger partial charge in [-0.15, -0.1) is 11.3 Å². The summed E-state index contributed by atoms with van der Waals surface area (Å²) in [5, 5.41) is 1.61. The van der Waals surface area contributed by atoms with E-state index in [9.17, 15) is 13.2 Å². The second-order valence-electron chi connectivity index (χ2n) is 5.48. The highest BCUT2D eigenvalue weighted by Gasteiger charge is 2.42. The van der Waals surface area contributed by atoms with E-state index < -0.39 is 16.0 Å². The molecule has 1 saturated carbocycles. The molecule has 0 spiro atoms. The van der Waals surface area contributed by atoms with Crippen molar-refractivity contribution in [3.63, 3.8) is 0 Å². The summed E-state index contributed by atoms with van der Waals surface area (Å²) in [6.45, 7) is 0.734. The molecule has 0 radical (unpaired) electrons. The van der Waals surface area contributed by atoms with E-state index in [1.807, 2.05) is 0 Å². The second kappa shape index (κ2) is 6.27. The van der Waals surface area contributed by atoms with Gasteiger partial charge < -0.3 is 9.47 Å². The summed E-state index contributed by atoms with van der Waals surface area (Å²) in [4.78, 5) is 12.0. The minimum absolute atomic E-state index is 0.0301. The zero-order valence-corrected chi connectivity index (χ0v) is 14.0. The van der Waals surface area contributed by atoms with Gasteiger partial charge in [-0.05, 0) is 24.3 Å². The fraction of sp³-hybridized carbons (Fsp3) is 0.643. The van der Waals surface area contributed by atoms with Crippen LogP contribution in [0.1, 0.15) is 35.4 Å². The van der Waals surface area contributed by atoms with E-state index in [-0.39, 0.29) is 21.9 Å². The van der Waals surface area contributed by atoms with E-state index >= 15 is 0 Å². The third-order valence-electron chi connectivity index (χ3n) is 4.27. The van der Waals surface area contributed by atoms with Crippen LogP contribution in [0, 0.1) is 0 Å². The maximum absolute atomic E-state index is 13.0. The van der Waals surface area contributed by atoms with Gasteiger partial charge in [-0.2, -0.15) is 4.31 Å². The smallest absolute Gasteiger partial charge is 0.349 e. The number of carbonyl (C=O) groups is 1. The van der Waals surface area contributed by atoms with Gasteiger partial charge >= 0.3 is 5.97 Å². The van der Waals surface area contributed by atoms with Crippen molar-refractivity contribution in [3.05, 3.63) is 16.3 Å². The first kappa shape index (κ1) is 15.9. The Morgan fingerprint density at radius 2 is 2.18 bits per heavy atom. The number of fused-ring (bicyclic) bond motifs is 1. The molecule has 2 atom stereocenters. The highest BCUT2D eigenvalue weighted by Crippen LogP contribution is 2.34. The predicted octanol–water partition coefficient (Wildman–Crippen LogP) is 1.87. The SMILES string of the molecule is COC(=O)c1sccc1S(=O)(=O)N1CCO[C@@H]2CCCC[C@H]21. The van der Waals surface area contributed by atoms with Crippen molar-refractivity contribution >= 4 is 27.3 Å². The molecule has 122 valence electrons. The van der Waals surface area contributed by atoms with E-state index in [1.54, 1.807) is 5.38 Å². The molecule has 1 aromatic heterocycles. The maximum Gasteiger partial charge on any atom is 0.349 e. The molecule has 0 unspecified atom stereocenters. The standard InChI is InChI=1S/C14H19NO5S2/c1-19-14(16)13-12(6-9-21-13)22(17,18)15-7-8-20-11-5-3-2-4-10(11)15/h6,9-11H,2-5,7-8H2,1H3/t10-,11-/m1/s1. The zero-order chi connectivity index (χ0) is 15.7. The van der Waals surface area contributed by atoms with Gasteiger partial charge in [0.1, 0.15) is 9.77 Å². The molecular formula is C14H19NO5S2. The third-order valence-corrected chi connectivity index (χ3v) is 7.26. The molecule has 2 aliphatic rings. The van der Waals surface area contributed by atoms with E-state index in [2.05, 4.69) is 4.74 Å². The lowest BCUT2D eigenvalue weighted by Crippen LogP contribution is -2.54. The number of methoxy groups -OCH3 is 1. The van der Waals surface area contributed by atoms with Crippen LogP contribution in [0.15, 0.2) is 16.3 Å². The first-order chi connectivity index (χ1) is 10.6. The van der Waals surface area contributed by atoms with Crippen LogP contribution in [0.5, 0.6) is 0 Å². The van der Waals surface area contributed by atoms with Gasteiger partial charge in [0.15, 0.2) is 0 Å². The van der Waals surface area contributed by atoms with E-state index in [1.165, 1.54) is 17.5 Å². The normalized spacial score (nSPS) is 26.4. The average Bonchev–Trinajstić information content (AvgIpc) is 3.04. The van der Waals surface area contributed by atoms with Gasteiger partial charge in [0.25, 0.3) is 0 Å².